The molecule has 5 rings (SSSR count). The topological polar surface area (TPSA) is 96.5 Å². The fourth-order valence-electron chi connectivity index (χ4n) is 4.68. The van der Waals surface area contributed by atoms with E-state index in [1.165, 1.54) is 23.2 Å². The highest BCUT2D eigenvalue weighted by Gasteiger charge is 2.15. The number of furan rings is 1. The molecule has 0 spiro atoms. The molecule has 3 aromatic carbocycles. The summed E-state index contributed by atoms with van der Waals surface area (Å²) in [7, 11) is 3.10. The molecular formula is C35H35N3O6. The van der Waals surface area contributed by atoms with E-state index in [1.54, 1.807) is 38.5 Å². The first-order valence-electron chi connectivity index (χ1n) is 14.1. The fraction of sp³-hybridized carbons (Fsp3) is 0.200. The molecule has 0 unspecified atom stereocenters. The van der Waals surface area contributed by atoms with E-state index < -0.39 is 5.91 Å². The van der Waals surface area contributed by atoms with E-state index in [0.717, 1.165) is 11.3 Å². The molecule has 0 fully saturated rings. The van der Waals surface area contributed by atoms with Gasteiger partial charge < -0.3 is 27.9 Å². The Morgan fingerprint density at radius 3 is 2.11 bits per heavy atom. The Labute approximate surface area is 256 Å². The van der Waals surface area contributed by atoms with Gasteiger partial charge in [0.2, 0.25) is 5.75 Å². The minimum atomic E-state index is -0.494. The Morgan fingerprint density at radius 1 is 0.818 bits per heavy atom. The summed E-state index contributed by atoms with van der Waals surface area (Å²) in [6.07, 6.45) is 1.49. The molecule has 1 N–H and O–H groups in total. The minimum absolute atomic E-state index is 0.115. The average molecular weight is 594 g/mol. The largest absolute Gasteiger partial charge is 0.493 e. The Morgan fingerprint density at radius 2 is 1.48 bits per heavy atom. The summed E-state index contributed by atoms with van der Waals surface area (Å²) in [5.74, 6) is 2.26. The van der Waals surface area contributed by atoms with Crippen LogP contribution in [-0.2, 0) is 13.2 Å². The lowest BCUT2D eigenvalue weighted by Crippen LogP contribution is -2.16. The normalized spacial score (nSPS) is 11.0. The maximum atomic E-state index is 12.6. The van der Waals surface area contributed by atoms with Gasteiger partial charge in [-0.05, 0) is 87.0 Å². The van der Waals surface area contributed by atoms with E-state index >= 15 is 0 Å². The Hall–Kier alpha value is -5.44. The summed E-state index contributed by atoms with van der Waals surface area (Å²) in [5, 5.41) is 4.07. The zero-order valence-corrected chi connectivity index (χ0v) is 25.4. The van der Waals surface area contributed by atoms with Crippen molar-refractivity contribution < 1.29 is 28.2 Å². The maximum absolute atomic E-state index is 12.6. The van der Waals surface area contributed by atoms with Crippen LogP contribution in [0.1, 0.15) is 44.4 Å². The number of benzene rings is 3. The van der Waals surface area contributed by atoms with Crippen LogP contribution in [0.15, 0.2) is 94.4 Å². The highest BCUT2D eigenvalue weighted by Crippen LogP contribution is 2.38. The van der Waals surface area contributed by atoms with Gasteiger partial charge >= 0.3 is 5.91 Å². The molecule has 5 aromatic rings. The van der Waals surface area contributed by atoms with Gasteiger partial charge in [0.25, 0.3) is 0 Å². The van der Waals surface area contributed by atoms with Crippen LogP contribution < -0.4 is 24.4 Å². The average Bonchev–Trinajstić information content (AvgIpc) is 3.65. The van der Waals surface area contributed by atoms with E-state index in [0.29, 0.717) is 40.9 Å². The van der Waals surface area contributed by atoms with Gasteiger partial charge in [-0.1, -0.05) is 29.8 Å². The van der Waals surface area contributed by atoms with Crippen molar-refractivity contribution in [2.75, 3.05) is 14.2 Å². The zero-order valence-electron chi connectivity index (χ0n) is 25.4. The molecule has 0 saturated carbocycles. The number of nitrogens with one attached hydrogen (secondary N) is 1. The van der Waals surface area contributed by atoms with E-state index in [-0.39, 0.29) is 12.4 Å². The van der Waals surface area contributed by atoms with Crippen LogP contribution in [0.3, 0.4) is 0 Å². The fourth-order valence-corrected chi connectivity index (χ4v) is 4.68. The van der Waals surface area contributed by atoms with E-state index in [9.17, 15) is 4.79 Å². The molecule has 0 saturated heterocycles. The molecule has 2 aromatic heterocycles. The second-order valence-corrected chi connectivity index (χ2v) is 10.2. The van der Waals surface area contributed by atoms with Crippen LogP contribution in [0.25, 0.3) is 5.69 Å². The predicted octanol–water partition coefficient (Wildman–Crippen LogP) is 6.93. The van der Waals surface area contributed by atoms with Crippen molar-refractivity contribution in [3.8, 4) is 28.7 Å². The van der Waals surface area contributed by atoms with E-state index in [4.69, 9.17) is 23.4 Å². The number of aryl methyl sites for hydroxylation is 3. The van der Waals surface area contributed by atoms with Gasteiger partial charge in [0.15, 0.2) is 17.3 Å². The lowest BCUT2D eigenvalue weighted by molar-refractivity contribution is 0.0923. The highest BCUT2D eigenvalue weighted by atomic mass is 16.5. The minimum Gasteiger partial charge on any atom is -0.493 e. The molecular weight excluding hydrogens is 558 g/mol. The Bertz CT molecular complexity index is 1710. The van der Waals surface area contributed by atoms with E-state index in [2.05, 4.69) is 41.1 Å². The van der Waals surface area contributed by atoms with Crippen molar-refractivity contribution >= 4 is 12.1 Å². The van der Waals surface area contributed by atoms with Crippen molar-refractivity contribution in [3.05, 3.63) is 125 Å². The molecule has 0 radical (unpaired) electrons. The van der Waals surface area contributed by atoms with Crippen LogP contribution in [-0.4, -0.2) is 30.9 Å². The third-order valence-corrected chi connectivity index (χ3v) is 7.00. The number of hydrogen-bond acceptors (Lipinski definition) is 7. The van der Waals surface area contributed by atoms with Crippen LogP contribution in [0, 0.1) is 20.8 Å². The summed E-state index contributed by atoms with van der Waals surface area (Å²) in [5.41, 5.74) is 8.72. The second-order valence-electron chi connectivity index (χ2n) is 10.2. The summed E-state index contributed by atoms with van der Waals surface area (Å²) < 4.78 is 30.8. The predicted molar refractivity (Wildman–Crippen MR) is 168 cm³/mol. The maximum Gasteiger partial charge on any atom is 0.307 e. The van der Waals surface area contributed by atoms with Gasteiger partial charge in [-0.3, -0.25) is 4.79 Å². The number of rotatable bonds is 12. The number of aromatic nitrogens is 1. The third-order valence-electron chi connectivity index (χ3n) is 7.00. The molecule has 9 nitrogen and oxygen atoms in total. The molecule has 0 atom stereocenters. The van der Waals surface area contributed by atoms with Crippen LogP contribution in [0.4, 0.5) is 0 Å². The molecule has 1 amide bonds. The summed E-state index contributed by atoms with van der Waals surface area (Å²) in [6.45, 7) is 6.71. The number of hydrazone groups is 1. The number of nitrogens with zero attached hydrogens (tertiary/aromatic N) is 2. The standard InChI is InChI=1S/C35H35N3O6/c1-23-6-10-26(11-7-23)21-43-34-32(40-4)18-27(19-33(34)41-5)20-36-37-35(39)31-17-16-30(44-31)22-42-29-14-12-28(13-15-29)38-24(2)8-9-25(38)3/h6-20H,21-22H2,1-5H3,(H,37,39)/b36-20+. The Kier molecular flexibility index (Phi) is 9.34. The molecule has 0 aliphatic rings. The van der Waals surface area contributed by atoms with Gasteiger partial charge in [0.1, 0.15) is 24.7 Å². The van der Waals surface area contributed by atoms with Gasteiger partial charge in [-0.25, -0.2) is 5.43 Å². The molecule has 0 aliphatic carbocycles. The first-order chi connectivity index (χ1) is 21.3. The summed E-state index contributed by atoms with van der Waals surface area (Å²) in [6, 6.07) is 26.9. The number of carbonyl (C=O) groups is 1. The zero-order chi connectivity index (χ0) is 31.1. The summed E-state index contributed by atoms with van der Waals surface area (Å²) in [4.78, 5) is 12.6. The van der Waals surface area contributed by atoms with Crippen LogP contribution in [0.5, 0.6) is 23.0 Å². The first-order valence-corrected chi connectivity index (χ1v) is 14.1. The van der Waals surface area contributed by atoms with Crippen molar-refractivity contribution in [2.45, 2.75) is 34.0 Å². The van der Waals surface area contributed by atoms with Crippen molar-refractivity contribution in [2.24, 2.45) is 5.10 Å². The lowest BCUT2D eigenvalue weighted by atomic mass is 10.1. The SMILES string of the molecule is COc1cc(/C=N/NC(=O)c2ccc(COc3ccc(-n4c(C)ccc4C)cc3)o2)cc(OC)c1OCc1ccc(C)cc1. The number of methoxy groups -OCH3 is 2. The smallest absolute Gasteiger partial charge is 0.307 e. The van der Waals surface area contributed by atoms with E-state index in [1.807, 2.05) is 55.5 Å². The van der Waals surface area contributed by atoms with Gasteiger partial charge in [0, 0.05) is 22.6 Å². The molecule has 2 heterocycles. The van der Waals surface area contributed by atoms with Gasteiger partial charge in [0.05, 0.1) is 20.4 Å². The first kappa shape index (κ1) is 30.0. The third kappa shape index (κ3) is 7.12. The second kappa shape index (κ2) is 13.7. The summed E-state index contributed by atoms with van der Waals surface area (Å²) >= 11 is 0. The number of carbonyl (C=O) groups excluding carboxylic acids is 1. The number of amides is 1. The molecule has 9 heteroatoms. The molecule has 0 aliphatic heterocycles. The van der Waals surface area contributed by atoms with Crippen molar-refractivity contribution in [1.29, 1.82) is 0 Å². The number of ether oxygens (including phenoxy) is 4. The van der Waals surface area contributed by atoms with Gasteiger partial charge in [-0.15, -0.1) is 0 Å². The van der Waals surface area contributed by atoms with Crippen LogP contribution in [0.2, 0.25) is 0 Å². The number of hydrogen-bond donors (Lipinski definition) is 1. The monoisotopic (exact) mass is 593 g/mol. The highest BCUT2D eigenvalue weighted by molar-refractivity contribution is 5.92. The van der Waals surface area contributed by atoms with Crippen molar-refractivity contribution in [1.82, 2.24) is 9.99 Å². The molecule has 44 heavy (non-hydrogen) atoms. The van der Waals surface area contributed by atoms with Gasteiger partial charge in [-0.2, -0.15) is 5.10 Å². The quantitative estimate of drug-likeness (QED) is 0.124. The molecule has 226 valence electrons. The Balaban J connectivity index is 1.16. The van der Waals surface area contributed by atoms with Crippen molar-refractivity contribution in [3.63, 3.8) is 0 Å². The lowest BCUT2D eigenvalue weighted by Gasteiger charge is -2.15. The molecule has 0 bridgehead atoms. The van der Waals surface area contributed by atoms with Crippen LogP contribution >= 0.6 is 0 Å².